The zero-order valence-electron chi connectivity index (χ0n) is 11.3. The van der Waals surface area contributed by atoms with E-state index >= 15 is 0 Å². The van der Waals surface area contributed by atoms with Gasteiger partial charge in [0.25, 0.3) is 0 Å². The van der Waals surface area contributed by atoms with Gasteiger partial charge in [-0.3, -0.25) is 9.69 Å². The number of Topliss-reactive ketones (excluding diaryl/α,β-unsaturated/α-hetero) is 1. The van der Waals surface area contributed by atoms with Crippen LogP contribution in [-0.4, -0.2) is 47.7 Å². The van der Waals surface area contributed by atoms with Crippen molar-refractivity contribution in [3.05, 3.63) is 0 Å². The van der Waals surface area contributed by atoms with Crippen LogP contribution in [-0.2, 0) is 14.3 Å². The van der Waals surface area contributed by atoms with E-state index in [0.717, 1.165) is 12.8 Å². The van der Waals surface area contributed by atoms with Gasteiger partial charge in [-0.05, 0) is 33.6 Å². The van der Waals surface area contributed by atoms with Crippen molar-refractivity contribution in [2.24, 2.45) is 0 Å². The average molecular weight is 255 g/mol. The largest absolute Gasteiger partial charge is 0.444 e. The summed E-state index contributed by atoms with van der Waals surface area (Å²) in [5.74, 6) is 0.0943. The number of carbonyl (C=O) groups is 2. The van der Waals surface area contributed by atoms with Gasteiger partial charge in [0.1, 0.15) is 11.6 Å². The second-order valence-corrected chi connectivity index (χ2v) is 5.89. The first kappa shape index (κ1) is 13.3. The molecule has 0 aromatic carbocycles. The lowest BCUT2D eigenvalue weighted by molar-refractivity contribution is -0.143. The molecule has 2 aliphatic rings. The van der Waals surface area contributed by atoms with Crippen molar-refractivity contribution in [1.82, 2.24) is 4.90 Å². The lowest BCUT2D eigenvalue weighted by Gasteiger charge is -2.42. The normalized spacial score (nSPS) is 28.8. The Bertz CT molecular complexity index is 345. The Kier molecular flexibility index (Phi) is 3.61. The van der Waals surface area contributed by atoms with E-state index in [-0.39, 0.29) is 11.9 Å². The summed E-state index contributed by atoms with van der Waals surface area (Å²) in [7, 11) is 0. The van der Waals surface area contributed by atoms with E-state index in [9.17, 15) is 9.59 Å². The van der Waals surface area contributed by atoms with E-state index < -0.39 is 17.7 Å². The van der Waals surface area contributed by atoms with Crippen LogP contribution in [0.25, 0.3) is 0 Å². The molecule has 2 atom stereocenters. The van der Waals surface area contributed by atoms with Crippen LogP contribution in [0.15, 0.2) is 0 Å². The molecule has 2 saturated heterocycles. The number of nitrogens with zero attached hydrogens (tertiary/aromatic N) is 1. The van der Waals surface area contributed by atoms with Gasteiger partial charge in [-0.1, -0.05) is 0 Å². The predicted octanol–water partition coefficient (Wildman–Crippen LogP) is 1.74. The van der Waals surface area contributed by atoms with Crippen molar-refractivity contribution in [2.75, 3.05) is 13.2 Å². The van der Waals surface area contributed by atoms with Gasteiger partial charge < -0.3 is 9.47 Å². The van der Waals surface area contributed by atoms with Gasteiger partial charge in [-0.15, -0.1) is 0 Å². The number of ether oxygens (including phenoxy) is 2. The van der Waals surface area contributed by atoms with Crippen molar-refractivity contribution >= 4 is 11.9 Å². The molecule has 0 radical (unpaired) electrons. The Hall–Kier alpha value is -1.10. The summed E-state index contributed by atoms with van der Waals surface area (Å²) in [4.78, 5) is 25.6. The van der Waals surface area contributed by atoms with Crippen LogP contribution in [0.1, 0.15) is 40.0 Å². The molecule has 0 N–H and O–H groups in total. The summed E-state index contributed by atoms with van der Waals surface area (Å²) < 4.78 is 10.9. The van der Waals surface area contributed by atoms with Crippen LogP contribution >= 0.6 is 0 Å². The number of hydrogen-bond donors (Lipinski definition) is 0. The van der Waals surface area contributed by atoms with E-state index in [0.29, 0.717) is 19.6 Å². The Morgan fingerprint density at radius 1 is 1.44 bits per heavy atom. The molecule has 1 amide bonds. The number of rotatable bonds is 0. The van der Waals surface area contributed by atoms with Crippen molar-refractivity contribution in [3.8, 4) is 0 Å². The predicted molar refractivity (Wildman–Crippen MR) is 65.3 cm³/mol. The molecule has 0 aromatic heterocycles. The molecule has 0 aromatic rings. The maximum atomic E-state index is 12.1. The minimum Gasteiger partial charge on any atom is -0.444 e. The van der Waals surface area contributed by atoms with Crippen molar-refractivity contribution in [3.63, 3.8) is 0 Å². The highest BCUT2D eigenvalue weighted by Crippen LogP contribution is 2.27. The van der Waals surface area contributed by atoms with E-state index in [1.54, 1.807) is 4.90 Å². The minimum absolute atomic E-state index is 0.0943. The summed E-state index contributed by atoms with van der Waals surface area (Å²) in [5.41, 5.74) is -0.539. The summed E-state index contributed by atoms with van der Waals surface area (Å²) in [6.07, 6.45) is 1.53. The van der Waals surface area contributed by atoms with Crippen LogP contribution in [0.5, 0.6) is 0 Å². The Morgan fingerprint density at radius 2 is 2.17 bits per heavy atom. The van der Waals surface area contributed by atoms with Crippen molar-refractivity contribution in [2.45, 2.75) is 57.8 Å². The minimum atomic E-state index is -0.539. The molecule has 18 heavy (non-hydrogen) atoms. The maximum absolute atomic E-state index is 12.1. The number of piperidine rings is 1. The molecule has 0 spiro atoms. The molecule has 2 rings (SSSR count). The Morgan fingerprint density at radius 3 is 2.83 bits per heavy atom. The van der Waals surface area contributed by atoms with E-state index in [2.05, 4.69) is 0 Å². The summed E-state index contributed by atoms with van der Waals surface area (Å²) in [5, 5.41) is 0. The third-order valence-electron chi connectivity index (χ3n) is 3.21. The molecule has 2 unspecified atom stereocenters. The fourth-order valence-electron chi connectivity index (χ4n) is 2.50. The van der Waals surface area contributed by atoms with E-state index in [1.807, 2.05) is 20.8 Å². The third-order valence-corrected chi connectivity index (χ3v) is 3.21. The number of likely N-dealkylation sites (tertiary alicyclic amines) is 1. The van der Waals surface area contributed by atoms with Gasteiger partial charge in [0.15, 0.2) is 5.78 Å². The molecule has 5 nitrogen and oxygen atoms in total. The second kappa shape index (κ2) is 4.88. The molecule has 102 valence electrons. The molecular weight excluding hydrogens is 234 g/mol. The van der Waals surface area contributed by atoms with Gasteiger partial charge in [0.05, 0.1) is 12.7 Å². The average Bonchev–Trinajstić information content (AvgIpc) is 2.26. The first-order chi connectivity index (χ1) is 8.38. The number of fused-ring (bicyclic) bond motifs is 1. The van der Waals surface area contributed by atoms with Crippen LogP contribution < -0.4 is 0 Å². The molecule has 2 aliphatic heterocycles. The maximum Gasteiger partial charge on any atom is 0.410 e. The first-order valence-corrected chi connectivity index (χ1v) is 6.52. The molecular formula is C13H21NO4. The monoisotopic (exact) mass is 255 g/mol. The standard InChI is InChI=1S/C13H21NO4/c1-13(2,3)18-12(16)14-7-4-5-10-11(14)9(15)6-8-17-10/h10-11H,4-8H2,1-3H3. The van der Waals surface area contributed by atoms with Gasteiger partial charge in [0.2, 0.25) is 0 Å². The van der Waals surface area contributed by atoms with Gasteiger partial charge >= 0.3 is 6.09 Å². The number of ketones is 1. The lowest BCUT2D eigenvalue weighted by Crippen LogP contribution is -2.58. The summed E-state index contributed by atoms with van der Waals surface area (Å²) in [6.45, 7) is 6.52. The molecule has 0 bridgehead atoms. The zero-order chi connectivity index (χ0) is 13.3. The van der Waals surface area contributed by atoms with Crippen molar-refractivity contribution in [1.29, 1.82) is 0 Å². The summed E-state index contributed by atoms with van der Waals surface area (Å²) in [6, 6.07) is -0.442. The fraction of sp³-hybridized carbons (Fsp3) is 0.846. The highest BCUT2D eigenvalue weighted by atomic mass is 16.6. The topological polar surface area (TPSA) is 55.8 Å². The van der Waals surface area contributed by atoms with Crippen LogP contribution in [0.2, 0.25) is 0 Å². The third kappa shape index (κ3) is 2.83. The Labute approximate surface area is 107 Å². The van der Waals surface area contributed by atoms with Crippen LogP contribution in [0.4, 0.5) is 4.79 Å². The molecule has 2 fully saturated rings. The molecule has 2 heterocycles. The van der Waals surface area contributed by atoms with Crippen LogP contribution in [0, 0.1) is 0 Å². The van der Waals surface area contributed by atoms with E-state index in [4.69, 9.17) is 9.47 Å². The first-order valence-electron chi connectivity index (χ1n) is 6.52. The smallest absolute Gasteiger partial charge is 0.410 e. The van der Waals surface area contributed by atoms with Gasteiger partial charge in [-0.25, -0.2) is 4.79 Å². The highest BCUT2D eigenvalue weighted by Gasteiger charge is 2.43. The highest BCUT2D eigenvalue weighted by molar-refractivity contribution is 5.89. The van der Waals surface area contributed by atoms with Crippen LogP contribution in [0.3, 0.4) is 0 Å². The fourth-order valence-corrected chi connectivity index (χ4v) is 2.50. The number of amides is 1. The van der Waals surface area contributed by atoms with E-state index in [1.165, 1.54) is 0 Å². The molecule has 5 heteroatoms. The Balaban J connectivity index is 2.10. The zero-order valence-corrected chi connectivity index (χ0v) is 11.3. The quantitative estimate of drug-likeness (QED) is 0.661. The van der Waals surface area contributed by atoms with Gasteiger partial charge in [0, 0.05) is 13.0 Å². The SMILES string of the molecule is CC(C)(C)OC(=O)N1CCCC2OCCC(=O)C21. The number of hydrogen-bond acceptors (Lipinski definition) is 4. The molecule has 0 aliphatic carbocycles. The second-order valence-electron chi connectivity index (χ2n) is 5.89. The molecule has 0 saturated carbocycles. The van der Waals surface area contributed by atoms with Crippen molar-refractivity contribution < 1.29 is 19.1 Å². The summed E-state index contributed by atoms with van der Waals surface area (Å²) >= 11 is 0. The lowest BCUT2D eigenvalue weighted by atomic mass is 9.92. The number of carbonyl (C=O) groups excluding carboxylic acids is 2. The van der Waals surface area contributed by atoms with Gasteiger partial charge in [-0.2, -0.15) is 0 Å².